The Bertz CT molecular complexity index is 1200. The minimum absolute atomic E-state index is 0.0493. The highest BCUT2D eigenvalue weighted by Crippen LogP contribution is 2.39. The molecule has 1 heterocycles. The summed E-state index contributed by atoms with van der Waals surface area (Å²) in [4.78, 5) is 6.08. The largest absolute Gasteiger partial charge is 0.452 e. The van der Waals surface area contributed by atoms with Crippen LogP contribution < -0.4 is 16.0 Å². The number of hydrogen-bond acceptors (Lipinski definition) is 6. The first-order valence-corrected chi connectivity index (χ1v) is 12.9. The fourth-order valence-corrected chi connectivity index (χ4v) is 5.36. The average molecular weight is 517 g/mol. The number of alkyl halides is 3. The normalized spacial score (nSPS) is 14.7. The third-order valence-corrected chi connectivity index (χ3v) is 6.96. The van der Waals surface area contributed by atoms with Crippen LogP contribution in [0.4, 0.5) is 29.7 Å². The summed E-state index contributed by atoms with van der Waals surface area (Å²) in [6.07, 6.45) is 1.11. The summed E-state index contributed by atoms with van der Waals surface area (Å²) in [6.45, 7) is 5.16. The van der Waals surface area contributed by atoms with Crippen LogP contribution in [0.1, 0.15) is 57.3 Å². The first-order chi connectivity index (χ1) is 17.1. The van der Waals surface area contributed by atoms with Gasteiger partial charge in [-0.25, -0.2) is 0 Å². The minimum Gasteiger partial charge on any atom is -0.384 e. The van der Waals surface area contributed by atoms with E-state index in [0.29, 0.717) is 34.7 Å². The van der Waals surface area contributed by atoms with Gasteiger partial charge in [0.05, 0.1) is 11.4 Å². The summed E-state index contributed by atoms with van der Waals surface area (Å²) in [5, 5.41) is 11.2. The zero-order chi connectivity index (χ0) is 25.9. The van der Waals surface area contributed by atoms with Crippen LogP contribution in [-0.2, 0) is 6.18 Å². The van der Waals surface area contributed by atoms with E-state index in [1.54, 1.807) is 6.07 Å². The molecular weight excluding hydrogens is 485 g/mol. The number of nitrogens with one attached hydrogen (secondary N) is 2. The predicted octanol–water partition coefficient (Wildman–Crippen LogP) is 7.05. The topological polar surface area (TPSA) is 90.9 Å². The molecule has 0 amide bonds. The third kappa shape index (κ3) is 5.98. The molecule has 1 saturated carbocycles. The van der Waals surface area contributed by atoms with Crippen molar-refractivity contribution in [3.63, 3.8) is 0 Å². The second-order valence-electron chi connectivity index (χ2n) is 9.58. The van der Waals surface area contributed by atoms with Crippen molar-refractivity contribution in [3.8, 4) is 11.1 Å². The molecule has 10 heteroatoms. The first-order valence-electron chi connectivity index (χ1n) is 12.2. The van der Waals surface area contributed by atoms with Gasteiger partial charge >= 0.3 is 6.18 Å². The van der Waals surface area contributed by atoms with E-state index in [1.165, 1.54) is 6.42 Å². The number of benzene rings is 2. The van der Waals surface area contributed by atoms with Crippen molar-refractivity contribution in [2.24, 2.45) is 11.7 Å². The van der Waals surface area contributed by atoms with Crippen LogP contribution in [0.2, 0.25) is 0 Å². The molecule has 0 atom stereocenters. The zero-order valence-electron chi connectivity index (χ0n) is 20.4. The van der Waals surface area contributed by atoms with E-state index in [0.717, 1.165) is 49.0 Å². The number of nitrogen functional groups attached to an aromatic ring is 1. The molecule has 1 aliphatic rings. The summed E-state index contributed by atoms with van der Waals surface area (Å²) in [6, 6.07) is 13.6. The molecular formula is C26H31F3N6S. The first kappa shape index (κ1) is 25.9. The highest BCUT2D eigenvalue weighted by molar-refractivity contribution is 7.09. The van der Waals surface area contributed by atoms with E-state index in [4.69, 9.17) is 11.1 Å². The molecule has 0 bridgehead atoms. The smallest absolute Gasteiger partial charge is 0.384 e. The molecule has 4 rings (SSSR count). The van der Waals surface area contributed by atoms with E-state index >= 15 is 0 Å². The Labute approximate surface area is 213 Å². The molecule has 2 aromatic carbocycles. The fourth-order valence-electron chi connectivity index (χ4n) is 4.76. The van der Waals surface area contributed by atoms with Gasteiger partial charge in [0, 0.05) is 29.7 Å². The molecule has 36 heavy (non-hydrogen) atoms. The lowest BCUT2D eigenvalue weighted by atomic mass is 9.92. The number of amidine groups is 1. The second kappa shape index (κ2) is 10.9. The number of aromatic nitrogens is 2. The average Bonchev–Trinajstić information content (AvgIpc) is 3.32. The van der Waals surface area contributed by atoms with Crippen molar-refractivity contribution in [3.05, 3.63) is 53.9 Å². The molecule has 1 aliphatic carbocycles. The Morgan fingerprint density at radius 3 is 2.53 bits per heavy atom. The Hall–Kier alpha value is -3.14. The van der Waals surface area contributed by atoms with Gasteiger partial charge in [-0.3, -0.25) is 5.41 Å². The standard InChI is InChI=1S/C26H31F3N6S/c1-16(2)15-35(18-8-4-3-5-9-18)22-13-12-17(19-10-6-7-11-20(19)23(30)31)14-21(22)32-25-33-24(34-36-25)26(27,28)29/h6-7,10-14,16,18H,3-5,8-9,15H2,1-2H3,(H3,30,31)(H,32,33,34). The van der Waals surface area contributed by atoms with Crippen LogP contribution in [0.15, 0.2) is 42.5 Å². The van der Waals surface area contributed by atoms with Gasteiger partial charge in [-0.15, -0.1) is 0 Å². The van der Waals surface area contributed by atoms with Gasteiger partial charge in [-0.2, -0.15) is 22.5 Å². The molecule has 192 valence electrons. The van der Waals surface area contributed by atoms with Gasteiger partial charge in [0.2, 0.25) is 11.0 Å². The molecule has 0 radical (unpaired) electrons. The van der Waals surface area contributed by atoms with Crippen molar-refractivity contribution in [2.75, 3.05) is 16.8 Å². The lowest BCUT2D eigenvalue weighted by Gasteiger charge is -2.38. The minimum atomic E-state index is -4.60. The molecule has 0 saturated heterocycles. The molecule has 1 fully saturated rings. The van der Waals surface area contributed by atoms with Gasteiger partial charge in [0.1, 0.15) is 5.84 Å². The maximum atomic E-state index is 13.2. The Morgan fingerprint density at radius 2 is 1.89 bits per heavy atom. The molecule has 4 N–H and O–H groups in total. The number of anilines is 3. The Kier molecular flexibility index (Phi) is 7.82. The lowest BCUT2D eigenvalue weighted by Crippen LogP contribution is -2.39. The van der Waals surface area contributed by atoms with Crippen molar-refractivity contribution in [1.29, 1.82) is 5.41 Å². The summed E-state index contributed by atoms with van der Waals surface area (Å²) < 4.78 is 43.0. The molecule has 0 unspecified atom stereocenters. The van der Waals surface area contributed by atoms with Crippen molar-refractivity contribution in [2.45, 2.75) is 58.2 Å². The summed E-state index contributed by atoms with van der Waals surface area (Å²) in [7, 11) is 0. The van der Waals surface area contributed by atoms with Crippen LogP contribution in [0, 0.1) is 11.3 Å². The number of hydrogen-bond donors (Lipinski definition) is 3. The van der Waals surface area contributed by atoms with Crippen LogP contribution in [0.5, 0.6) is 0 Å². The lowest BCUT2D eigenvalue weighted by molar-refractivity contribution is -0.144. The second-order valence-corrected chi connectivity index (χ2v) is 10.3. The van der Waals surface area contributed by atoms with E-state index in [2.05, 4.69) is 33.4 Å². The van der Waals surface area contributed by atoms with E-state index in [1.807, 2.05) is 36.4 Å². The summed E-state index contributed by atoms with van der Waals surface area (Å²) in [5.41, 5.74) is 9.58. The molecule has 0 spiro atoms. The van der Waals surface area contributed by atoms with Crippen LogP contribution in [0.3, 0.4) is 0 Å². The van der Waals surface area contributed by atoms with Crippen LogP contribution in [0.25, 0.3) is 11.1 Å². The van der Waals surface area contributed by atoms with E-state index in [-0.39, 0.29) is 11.0 Å². The molecule has 0 aliphatic heterocycles. The van der Waals surface area contributed by atoms with Crippen molar-refractivity contribution < 1.29 is 13.2 Å². The maximum absolute atomic E-state index is 13.2. The SMILES string of the molecule is CC(C)CN(c1ccc(-c2ccccc2C(=N)N)cc1Nc1nc(C(F)(F)F)ns1)C1CCCCC1. The molecule has 3 aromatic rings. The third-order valence-electron chi connectivity index (χ3n) is 6.33. The Morgan fingerprint density at radius 1 is 1.17 bits per heavy atom. The number of nitrogens with zero attached hydrogens (tertiary/aromatic N) is 3. The number of rotatable bonds is 8. The summed E-state index contributed by atoms with van der Waals surface area (Å²) in [5.74, 6) is -0.802. The van der Waals surface area contributed by atoms with Gasteiger partial charge in [0.25, 0.3) is 0 Å². The Balaban J connectivity index is 1.81. The quantitative estimate of drug-likeness (QED) is 0.220. The van der Waals surface area contributed by atoms with E-state index < -0.39 is 12.0 Å². The highest BCUT2D eigenvalue weighted by atomic mass is 32.1. The molecule has 1 aromatic heterocycles. The van der Waals surface area contributed by atoms with Crippen LogP contribution >= 0.6 is 11.5 Å². The predicted molar refractivity (Wildman–Crippen MR) is 140 cm³/mol. The van der Waals surface area contributed by atoms with Gasteiger partial charge in [-0.05, 0) is 42.0 Å². The van der Waals surface area contributed by atoms with Gasteiger partial charge < -0.3 is 16.0 Å². The fraction of sp³-hybridized carbons (Fsp3) is 0.423. The van der Waals surface area contributed by atoms with Crippen molar-refractivity contribution >= 4 is 33.9 Å². The van der Waals surface area contributed by atoms with Gasteiger partial charge in [-0.1, -0.05) is 63.4 Å². The summed E-state index contributed by atoms with van der Waals surface area (Å²) >= 11 is 0.686. The van der Waals surface area contributed by atoms with Crippen molar-refractivity contribution in [1.82, 2.24) is 9.36 Å². The number of halogens is 3. The highest BCUT2D eigenvalue weighted by Gasteiger charge is 2.36. The monoisotopic (exact) mass is 516 g/mol. The van der Waals surface area contributed by atoms with E-state index in [9.17, 15) is 13.2 Å². The maximum Gasteiger partial charge on any atom is 0.452 e. The number of nitrogens with two attached hydrogens (primary N) is 1. The van der Waals surface area contributed by atoms with Gasteiger partial charge in [0.15, 0.2) is 0 Å². The molecule has 6 nitrogen and oxygen atoms in total. The zero-order valence-corrected chi connectivity index (χ0v) is 21.2. The van der Waals surface area contributed by atoms with Crippen LogP contribution in [-0.4, -0.2) is 27.8 Å².